The van der Waals surface area contributed by atoms with Crippen molar-refractivity contribution in [3.05, 3.63) is 83.9 Å². The Morgan fingerprint density at radius 1 is 1.00 bits per heavy atom. The summed E-state index contributed by atoms with van der Waals surface area (Å²) in [5.41, 5.74) is 3.43. The maximum Gasteiger partial charge on any atom is 0.247 e. The number of amides is 2. The Hall–Kier alpha value is -3.41. The highest BCUT2D eigenvalue weighted by molar-refractivity contribution is 6.00. The molecule has 1 atom stereocenters. The SMILES string of the molecule is CC(=O)N(CC(=O)N1c2ccccc2-n2cccc2[C@H]1c1ccc(F)cc1)C1CC1. The van der Waals surface area contributed by atoms with Crippen molar-refractivity contribution < 1.29 is 14.0 Å². The van der Waals surface area contributed by atoms with Crippen LogP contribution in [0.5, 0.6) is 0 Å². The summed E-state index contributed by atoms with van der Waals surface area (Å²) in [6.45, 7) is 1.55. The number of carbonyl (C=O) groups excluding carboxylic acids is 2. The number of anilines is 1. The minimum atomic E-state index is -0.406. The molecule has 1 fully saturated rings. The van der Waals surface area contributed by atoms with Gasteiger partial charge in [-0.2, -0.15) is 0 Å². The standard InChI is InChI=1S/C24H22FN3O2/c1-16(29)27(19-12-13-19)15-23(30)28-21-6-3-2-5-20(21)26-14-4-7-22(26)24(28)17-8-10-18(25)11-9-17/h2-11,14,19,24H,12-13,15H2,1H3/t24-/m1/s1. The maximum absolute atomic E-state index is 13.6. The summed E-state index contributed by atoms with van der Waals surface area (Å²) in [6, 6.07) is 17.7. The summed E-state index contributed by atoms with van der Waals surface area (Å²) in [6.07, 6.45) is 3.85. The van der Waals surface area contributed by atoms with E-state index in [1.807, 2.05) is 42.6 Å². The molecule has 6 heteroatoms. The number of para-hydroxylation sites is 2. The highest BCUT2D eigenvalue weighted by Gasteiger charge is 2.39. The predicted octanol–water partition coefficient (Wildman–Crippen LogP) is 4.06. The van der Waals surface area contributed by atoms with Crippen LogP contribution in [0.15, 0.2) is 66.9 Å². The lowest BCUT2D eigenvalue weighted by atomic mass is 9.97. The average molecular weight is 403 g/mol. The number of halogens is 1. The van der Waals surface area contributed by atoms with E-state index in [-0.39, 0.29) is 30.2 Å². The lowest BCUT2D eigenvalue weighted by Crippen LogP contribution is -2.47. The third-order valence-corrected chi connectivity index (χ3v) is 5.87. The average Bonchev–Trinajstić information content (AvgIpc) is 3.46. The molecule has 0 radical (unpaired) electrons. The number of nitrogens with zero attached hydrogens (tertiary/aromatic N) is 3. The van der Waals surface area contributed by atoms with Crippen LogP contribution in [-0.4, -0.2) is 33.9 Å². The molecule has 1 aliphatic heterocycles. The van der Waals surface area contributed by atoms with Crippen LogP contribution in [-0.2, 0) is 9.59 Å². The fraction of sp³-hybridized carbons (Fsp3) is 0.250. The lowest BCUT2D eigenvalue weighted by molar-refractivity contribution is -0.134. The van der Waals surface area contributed by atoms with Gasteiger partial charge in [-0.3, -0.25) is 14.5 Å². The van der Waals surface area contributed by atoms with Gasteiger partial charge >= 0.3 is 0 Å². The van der Waals surface area contributed by atoms with Gasteiger partial charge in [0.25, 0.3) is 0 Å². The van der Waals surface area contributed by atoms with E-state index in [9.17, 15) is 14.0 Å². The molecular weight excluding hydrogens is 381 g/mol. The Labute approximate surface area is 174 Å². The topological polar surface area (TPSA) is 45.6 Å². The number of benzene rings is 2. The molecule has 1 aliphatic carbocycles. The van der Waals surface area contributed by atoms with Crippen LogP contribution < -0.4 is 4.90 Å². The van der Waals surface area contributed by atoms with Crippen molar-refractivity contribution in [2.75, 3.05) is 11.4 Å². The third kappa shape index (κ3) is 3.09. The molecule has 0 N–H and O–H groups in total. The molecule has 1 aromatic heterocycles. The molecule has 152 valence electrons. The highest BCUT2D eigenvalue weighted by atomic mass is 19.1. The summed E-state index contributed by atoms with van der Waals surface area (Å²) >= 11 is 0. The van der Waals surface area contributed by atoms with Crippen molar-refractivity contribution in [2.45, 2.75) is 31.8 Å². The minimum Gasteiger partial charge on any atom is -0.331 e. The third-order valence-electron chi connectivity index (χ3n) is 5.87. The molecule has 5 rings (SSSR count). The van der Waals surface area contributed by atoms with Gasteiger partial charge in [-0.05, 0) is 54.8 Å². The Morgan fingerprint density at radius 2 is 1.70 bits per heavy atom. The van der Waals surface area contributed by atoms with Crippen LogP contribution in [0.25, 0.3) is 5.69 Å². The quantitative estimate of drug-likeness (QED) is 0.659. The summed E-state index contributed by atoms with van der Waals surface area (Å²) in [5, 5.41) is 0. The molecule has 2 aliphatic rings. The van der Waals surface area contributed by atoms with Crippen molar-refractivity contribution in [1.29, 1.82) is 0 Å². The van der Waals surface area contributed by atoms with Crippen molar-refractivity contribution in [1.82, 2.24) is 9.47 Å². The monoisotopic (exact) mass is 403 g/mol. The molecule has 2 amide bonds. The Bertz CT molecular complexity index is 1120. The van der Waals surface area contributed by atoms with Gasteiger partial charge in [0.15, 0.2) is 0 Å². The number of aromatic nitrogens is 1. The zero-order chi connectivity index (χ0) is 20.8. The van der Waals surface area contributed by atoms with E-state index >= 15 is 0 Å². The molecule has 0 bridgehead atoms. The van der Waals surface area contributed by atoms with Gasteiger partial charge in [0.2, 0.25) is 11.8 Å². The van der Waals surface area contributed by atoms with Gasteiger partial charge in [0.05, 0.1) is 17.1 Å². The smallest absolute Gasteiger partial charge is 0.247 e. The van der Waals surface area contributed by atoms with Crippen molar-refractivity contribution in [3.8, 4) is 5.69 Å². The number of carbonyl (C=O) groups is 2. The number of hydrogen-bond acceptors (Lipinski definition) is 2. The predicted molar refractivity (Wildman–Crippen MR) is 112 cm³/mol. The van der Waals surface area contributed by atoms with Crippen LogP contribution in [0.4, 0.5) is 10.1 Å². The molecule has 0 unspecified atom stereocenters. The molecule has 0 saturated heterocycles. The Morgan fingerprint density at radius 3 is 2.37 bits per heavy atom. The first-order valence-electron chi connectivity index (χ1n) is 10.2. The zero-order valence-corrected chi connectivity index (χ0v) is 16.7. The Balaban J connectivity index is 1.62. The van der Waals surface area contributed by atoms with E-state index in [0.29, 0.717) is 0 Å². The molecule has 30 heavy (non-hydrogen) atoms. The molecule has 5 nitrogen and oxygen atoms in total. The van der Waals surface area contributed by atoms with E-state index in [1.165, 1.54) is 19.1 Å². The summed E-state index contributed by atoms with van der Waals surface area (Å²) in [7, 11) is 0. The molecule has 1 saturated carbocycles. The summed E-state index contributed by atoms with van der Waals surface area (Å²) < 4.78 is 15.7. The minimum absolute atomic E-state index is 0.0345. The molecule has 2 heterocycles. The fourth-order valence-corrected chi connectivity index (χ4v) is 4.33. The van der Waals surface area contributed by atoms with Crippen LogP contribution in [0.2, 0.25) is 0 Å². The van der Waals surface area contributed by atoms with E-state index in [4.69, 9.17) is 0 Å². The van der Waals surface area contributed by atoms with Crippen molar-refractivity contribution in [2.24, 2.45) is 0 Å². The van der Waals surface area contributed by atoms with Crippen LogP contribution >= 0.6 is 0 Å². The van der Waals surface area contributed by atoms with Crippen LogP contribution in [0.3, 0.4) is 0 Å². The summed E-state index contributed by atoms with van der Waals surface area (Å²) in [4.78, 5) is 29.2. The second-order valence-corrected chi connectivity index (χ2v) is 7.89. The molecular formula is C24H22FN3O2. The number of fused-ring (bicyclic) bond motifs is 3. The van der Waals surface area contributed by atoms with E-state index < -0.39 is 6.04 Å². The summed E-state index contributed by atoms with van der Waals surface area (Å²) in [5.74, 6) is -0.552. The van der Waals surface area contributed by atoms with E-state index in [1.54, 1.807) is 21.9 Å². The molecule has 2 aromatic carbocycles. The second-order valence-electron chi connectivity index (χ2n) is 7.89. The first-order chi connectivity index (χ1) is 14.5. The largest absolute Gasteiger partial charge is 0.331 e. The number of hydrogen-bond donors (Lipinski definition) is 0. The molecule has 0 spiro atoms. The van der Waals surface area contributed by atoms with Crippen molar-refractivity contribution >= 4 is 17.5 Å². The van der Waals surface area contributed by atoms with Crippen LogP contribution in [0, 0.1) is 5.82 Å². The van der Waals surface area contributed by atoms with Gasteiger partial charge in [-0.1, -0.05) is 24.3 Å². The van der Waals surface area contributed by atoms with Gasteiger partial charge < -0.3 is 9.47 Å². The van der Waals surface area contributed by atoms with Gasteiger partial charge in [0, 0.05) is 19.2 Å². The van der Waals surface area contributed by atoms with Gasteiger partial charge in [-0.15, -0.1) is 0 Å². The zero-order valence-electron chi connectivity index (χ0n) is 16.7. The van der Waals surface area contributed by atoms with Gasteiger partial charge in [-0.25, -0.2) is 4.39 Å². The van der Waals surface area contributed by atoms with E-state index in [0.717, 1.165) is 35.5 Å². The van der Waals surface area contributed by atoms with Gasteiger partial charge in [0.1, 0.15) is 18.4 Å². The van der Waals surface area contributed by atoms with E-state index in [2.05, 4.69) is 4.57 Å². The first kappa shape index (κ1) is 18.6. The number of rotatable bonds is 4. The lowest BCUT2D eigenvalue weighted by Gasteiger charge is -2.39. The Kier molecular flexibility index (Phi) is 4.42. The normalized spacial score (nSPS) is 17.3. The maximum atomic E-state index is 13.6. The van der Waals surface area contributed by atoms with Crippen molar-refractivity contribution in [3.63, 3.8) is 0 Å². The highest BCUT2D eigenvalue weighted by Crippen LogP contribution is 2.42. The second kappa shape index (κ2) is 7.13. The fourth-order valence-electron chi connectivity index (χ4n) is 4.33. The first-order valence-corrected chi connectivity index (χ1v) is 10.2. The van der Waals surface area contributed by atoms with Crippen LogP contribution in [0.1, 0.15) is 37.1 Å². The molecule has 3 aromatic rings.